The largest absolute Gasteiger partial charge is 0.484 e. The molecule has 0 saturated carbocycles. The monoisotopic (exact) mass is 396 g/mol. The standard InChI is InChI=1S/C24H32N2O3/c1-5-6-15-25-24(28)20(4)26(16-21-13-9-7-11-18(21)2)23(27)17-29-22-14-10-8-12-19(22)3/h7-14,20H,5-6,15-17H2,1-4H3,(H,25,28)/t20-/m0/s1. The Hall–Kier alpha value is -2.82. The van der Waals surface area contributed by atoms with Gasteiger partial charge in [-0.15, -0.1) is 0 Å². The van der Waals surface area contributed by atoms with Crippen molar-refractivity contribution < 1.29 is 14.3 Å². The van der Waals surface area contributed by atoms with Crippen LogP contribution >= 0.6 is 0 Å². The number of carbonyl (C=O) groups is 2. The van der Waals surface area contributed by atoms with Gasteiger partial charge in [-0.3, -0.25) is 9.59 Å². The predicted octanol–water partition coefficient (Wildman–Crippen LogP) is 4.02. The second kappa shape index (κ2) is 11.2. The molecule has 0 unspecified atom stereocenters. The minimum atomic E-state index is -0.584. The molecule has 0 heterocycles. The van der Waals surface area contributed by atoms with E-state index in [-0.39, 0.29) is 18.4 Å². The van der Waals surface area contributed by atoms with Crippen LogP contribution in [-0.4, -0.2) is 35.9 Å². The lowest BCUT2D eigenvalue weighted by atomic mass is 10.1. The van der Waals surface area contributed by atoms with Crippen molar-refractivity contribution in [2.45, 2.75) is 53.1 Å². The number of rotatable bonds is 10. The zero-order chi connectivity index (χ0) is 21.2. The Balaban J connectivity index is 2.14. The molecule has 0 radical (unpaired) electrons. The summed E-state index contributed by atoms with van der Waals surface area (Å²) in [5, 5.41) is 2.93. The summed E-state index contributed by atoms with van der Waals surface area (Å²) < 4.78 is 5.75. The van der Waals surface area contributed by atoms with Gasteiger partial charge in [0.15, 0.2) is 6.61 Å². The average Bonchev–Trinajstić information content (AvgIpc) is 2.72. The van der Waals surface area contributed by atoms with E-state index >= 15 is 0 Å². The van der Waals surface area contributed by atoms with E-state index in [1.165, 1.54) is 0 Å². The molecule has 1 atom stereocenters. The lowest BCUT2D eigenvalue weighted by molar-refractivity contribution is -0.142. The van der Waals surface area contributed by atoms with Gasteiger partial charge < -0.3 is 15.0 Å². The highest BCUT2D eigenvalue weighted by atomic mass is 16.5. The molecule has 0 aliphatic heterocycles. The lowest BCUT2D eigenvalue weighted by Gasteiger charge is -2.29. The van der Waals surface area contributed by atoms with Crippen LogP contribution in [0.15, 0.2) is 48.5 Å². The van der Waals surface area contributed by atoms with Gasteiger partial charge in [-0.05, 0) is 49.9 Å². The number of nitrogens with zero attached hydrogens (tertiary/aromatic N) is 1. The van der Waals surface area contributed by atoms with Crippen LogP contribution in [0.3, 0.4) is 0 Å². The smallest absolute Gasteiger partial charge is 0.261 e. The molecule has 0 fully saturated rings. The van der Waals surface area contributed by atoms with Crippen molar-refractivity contribution in [3.05, 3.63) is 65.2 Å². The zero-order valence-corrected chi connectivity index (χ0v) is 17.9. The summed E-state index contributed by atoms with van der Waals surface area (Å²) in [7, 11) is 0. The highest BCUT2D eigenvalue weighted by Gasteiger charge is 2.26. The maximum atomic E-state index is 13.0. The molecule has 2 aromatic rings. The molecule has 5 heteroatoms. The minimum Gasteiger partial charge on any atom is -0.484 e. The molecule has 0 bridgehead atoms. The molecule has 5 nitrogen and oxygen atoms in total. The number of ether oxygens (including phenoxy) is 1. The first-order chi connectivity index (χ1) is 13.9. The van der Waals surface area contributed by atoms with Crippen molar-refractivity contribution >= 4 is 11.8 Å². The molecule has 156 valence electrons. The SMILES string of the molecule is CCCCNC(=O)[C@H](C)N(Cc1ccccc1C)C(=O)COc1ccccc1C. The minimum absolute atomic E-state index is 0.108. The lowest BCUT2D eigenvalue weighted by Crippen LogP contribution is -2.49. The number of para-hydroxylation sites is 1. The first kappa shape index (κ1) is 22.5. The Morgan fingerprint density at radius 3 is 2.34 bits per heavy atom. The van der Waals surface area contributed by atoms with Gasteiger partial charge in [-0.1, -0.05) is 55.8 Å². The van der Waals surface area contributed by atoms with E-state index in [1.807, 2.05) is 62.4 Å². The van der Waals surface area contributed by atoms with Crippen molar-refractivity contribution in [3.8, 4) is 5.75 Å². The third-order valence-electron chi connectivity index (χ3n) is 5.04. The molecule has 2 aromatic carbocycles. The fourth-order valence-corrected chi connectivity index (χ4v) is 3.03. The molecule has 29 heavy (non-hydrogen) atoms. The Bertz CT molecular complexity index is 819. The van der Waals surface area contributed by atoms with E-state index in [2.05, 4.69) is 12.2 Å². The van der Waals surface area contributed by atoms with Crippen molar-refractivity contribution in [2.24, 2.45) is 0 Å². The zero-order valence-electron chi connectivity index (χ0n) is 17.9. The van der Waals surface area contributed by atoms with Gasteiger partial charge in [0.1, 0.15) is 11.8 Å². The van der Waals surface area contributed by atoms with E-state index in [4.69, 9.17) is 4.74 Å². The first-order valence-electron chi connectivity index (χ1n) is 10.2. The maximum absolute atomic E-state index is 13.0. The van der Waals surface area contributed by atoms with Crippen LogP contribution in [0.4, 0.5) is 0 Å². The summed E-state index contributed by atoms with van der Waals surface area (Å²) in [6.45, 7) is 8.67. The quantitative estimate of drug-likeness (QED) is 0.617. The molecule has 0 aromatic heterocycles. The maximum Gasteiger partial charge on any atom is 0.261 e. The normalized spacial score (nSPS) is 11.6. The van der Waals surface area contributed by atoms with Crippen LogP contribution in [0.5, 0.6) is 5.75 Å². The van der Waals surface area contributed by atoms with Gasteiger partial charge in [-0.25, -0.2) is 0 Å². The first-order valence-corrected chi connectivity index (χ1v) is 10.2. The highest BCUT2D eigenvalue weighted by molar-refractivity contribution is 5.88. The summed E-state index contributed by atoms with van der Waals surface area (Å²) in [5.74, 6) is 0.322. The average molecular weight is 397 g/mol. The molecule has 2 rings (SSSR count). The molecular formula is C24H32N2O3. The van der Waals surface area contributed by atoms with Gasteiger partial charge in [0.25, 0.3) is 5.91 Å². The Labute approximate surface area is 174 Å². The number of nitrogens with one attached hydrogen (secondary N) is 1. The van der Waals surface area contributed by atoms with Crippen LogP contribution < -0.4 is 10.1 Å². The van der Waals surface area contributed by atoms with Gasteiger partial charge in [0.05, 0.1) is 0 Å². The van der Waals surface area contributed by atoms with E-state index in [0.717, 1.165) is 29.5 Å². The van der Waals surface area contributed by atoms with Crippen molar-refractivity contribution in [3.63, 3.8) is 0 Å². The fourth-order valence-electron chi connectivity index (χ4n) is 3.03. The topological polar surface area (TPSA) is 58.6 Å². The number of unbranched alkanes of at least 4 members (excludes halogenated alkanes) is 1. The molecule has 2 amide bonds. The number of carbonyl (C=O) groups excluding carboxylic acids is 2. The summed E-state index contributed by atoms with van der Waals surface area (Å²) in [6.07, 6.45) is 1.92. The molecule has 0 aliphatic carbocycles. The summed E-state index contributed by atoms with van der Waals surface area (Å²) >= 11 is 0. The van der Waals surface area contributed by atoms with Crippen LogP contribution in [0, 0.1) is 13.8 Å². The molecule has 0 spiro atoms. The van der Waals surface area contributed by atoms with Crippen LogP contribution in [0.2, 0.25) is 0 Å². The molecule has 1 N–H and O–H groups in total. The predicted molar refractivity (Wildman–Crippen MR) is 116 cm³/mol. The van der Waals surface area contributed by atoms with Crippen LogP contribution in [-0.2, 0) is 16.1 Å². The Kier molecular flexibility index (Phi) is 8.71. The van der Waals surface area contributed by atoms with E-state index < -0.39 is 6.04 Å². The van der Waals surface area contributed by atoms with E-state index in [1.54, 1.807) is 11.8 Å². The third kappa shape index (κ3) is 6.63. The second-order valence-electron chi connectivity index (χ2n) is 7.32. The highest BCUT2D eigenvalue weighted by Crippen LogP contribution is 2.18. The Morgan fingerprint density at radius 2 is 1.69 bits per heavy atom. The van der Waals surface area contributed by atoms with Gasteiger partial charge >= 0.3 is 0 Å². The van der Waals surface area contributed by atoms with Gasteiger partial charge in [-0.2, -0.15) is 0 Å². The summed E-state index contributed by atoms with van der Waals surface area (Å²) in [6, 6.07) is 14.9. The second-order valence-corrected chi connectivity index (χ2v) is 7.32. The molecule has 0 aliphatic rings. The number of amides is 2. The van der Waals surface area contributed by atoms with Crippen LogP contribution in [0.1, 0.15) is 43.4 Å². The number of benzene rings is 2. The fraction of sp³-hybridized carbons (Fsp3) is 0.417. The van der Waals surface area contributed by atoms with E-state index in [9.17, 15) is 9.59 Å². The molecule has 0 saturated heterocycles. The number of aryl methyl sites for hydroxylation is 2. The van der Waals surface area contributed by atoms with Crippen molar-refractivity contribution in [1.29, 1.82) is 0 Å². The number of hydrogen-bond acceptors (Lipinski definition) is 3. The van der Waals surface area contributed by atoms with Gasteiger partial charge in [0, 0.05) is 13.1 Å². The van der Waals surface area contributed by atoms with Crippen LogP contribution in [0.25, 0.3) is 0 Å². The summed E-state index contributed by atoms with van der Waals surface area (Å²) in [5.41, 5.74) is 3.07. The third-order valence-corrected chi connectivity index (χ3v) is 5.04. The Morgan fingerprint density at radius 1 is 1.03 bits per heavy atom. The number of hydrogen-bond donors (Lipinski definition) is 1. The van der Waals surface area contributed by atoms with Gasteiger partial charge in [0.2, 0.25) is 5.91 Å². The molecular weight excluding hydrogens is 364 g/mol. The van der Waals surface area contributed by atoms with Crippen molar-refractivity contribution in [1.82, 2.24) is 10.2 Å². The van der Waals surface area contributed by atoms with E-state index in [0.29, 0.717) is 18.8 Å². The van der Waals surface area contributed by atoms with Crippen molar-refractivity contribution in [2.75, 3.05) is 13.2 Å². The summed E-state index contributed by atoms with van der Waals surface area (Å²) in [4.78, 5) is 27.3.